The largest absolute Gasteiger partial charge is 0.0651 e. The third-order valence-corrected chi connectivity index (χ3v) is 12.6. The second kappa shape index (κ2) is 17.6. The molecule has 5 atom stereocenters. The smallest absolute Gasteiger partial charge is 0.0264 e. The SMILES string of the molecule is CCC1CCCC2CCCC(CC[C@@H](C)CCCCCCCCCCCCC1C(C)C)[SiH2]2. The second-order valence-electron chi connectivity index (χ2n) is 12.7. The summed E-state index contributed by atoms with van der Waals surface area (Å²) in [4.78, 5) is 0. The molecule has 190 valence electrons. The first-order valence-electron chi connectivity index (χ1n) is 15.6. The molecular weight excluding hydrogens is 400 g/mol. The van der Waals surface area contributed by atoms with Crippen LogP contribution >= 0.6 is 0 Å². The van der Waals surface area contributed by atoms with Gasteiger partial charge in [-0.05, 0) is 30.1 Å². The Kier molecular flexibility index (Phi) is 15.7. The predicted octanol–water partition coefficient (Wildman–Crippen LogP) is 10.5. The zero-order valence-electron chi connectivity index (χ0n) is 23.0. The van der Waals surface area contributed by atoms with E-state index < -0.39 is 0 Å². The van der Waals surface area contributed by atoms with Crippen molar-refractivity contribution in [2.24, 2.45) is 23.7 Å². The van der Waals surface area contributed by atoms with Crippen LogP contribution in [0.5, 0.6) is 0 Å². The van der Waals surface area contributed by atoms with Crippen molar-refractivity contribution >= 4 is 9.52 Å². The summed E-state index contributed by atoms with van der Waals surface area (Å²) < 4.78 is 0. The highest BCUT2D eigenvalue weighted by molar-refractivity contribution is 6.39. The normalized spacial score (nSPS) is 35.0. The lowest BCUT2D eigenvalue weighted by atomic mass is 9.76. The van der Waals surface area contributed by atoms with Crippen molar-refractivity contribution < 1.29 is 0 Å². The molecule has 0 aromatic carbocycles. The fraction of sp³-hybridized carbons (Fsp3) is 1.00. The van der Waals surface area contributed by atoms with Crippen molar-refractivity contribution in [2.45, 2.75) is 174 Å². The van der Waals surface area contributed by atoms with E-state index in [0.717, 1.165) is 23.7 Å². The number of rotatable bonds is 2. The van der Waals surface area contributed by atoms with Gasteiger partial charge in [-0.2, -0.15) is 0 Å². The number of hydrogen-bond acceptors (Lipinski definition) is 0. The molecule has 0 radical (unpaired) electrons. The minimum absolute atomic E-state index is 0.167. The molecule has 0 aromatic rings. The Bertz CT molecular complexity index is 430. The molecule has 0 spiro atoms. The average Bonchev–Trinajstić information content (AvgIpc) is 2.78. The highest BCUT2D eigenvalue weighted by atomic mass is 28.2. The molecule has 4 unspecified atom stereocenters. The third-order valence-electron chi connectivity index (χ3n) is 9.62. The van der Waals surface area contributed by atoms with E-state index >= 15 is 0 Å². The van der Waals surface area contributed by atoms with Gasteiger partial charge in [0.25, 0.3) is 0 Å². The van der Waals surface area contributed by atoms with Gasteiger partial charge in [0, 0.05) is 9.52 Å². The summed E-state index contributed by atoms with van der Waals surface area (Å²) in [6.07, 6.45) is 32.0. The minimum Gasteiger partial charge on any atom is -0.0651 e. The molecule has 1 heteroatoms. The maximum Gasteiger partial charge on any atom is 0.0264 e. The van der Waals surface area contributed by atoms with E-state index in [9.17, 15) is 0 Å². The van der Waals surface area contributed by atoms with Crippen LogP contribution in [0.3, 0.4) is 0 Å². The van der Waals surface area contributed by atoms with Crippen LogP contribution in [-0.2, 0) is 0 Å². The van der Waals surface area contributed by atoms with Crippen LogP contribution in [0.15, 0.2) is 0 Å². The standard InChI is InChI=1S/C31H62Si/c1-5-28-19-16-20-29-21-17-22-30(32-29)25-24-27(4)18-14-12-10-8-6-7-9-11-13-15-23-31(28)26(2)3/h26-31H,5-25,32H2,1-4H3/t27-,28?,29?,30?,31?/m0/s1. The van der Waals surface area contributed by atoms with Gasteiger partial charge in [0.1, 0.15) is 0 Å². The number of hydrogen-bond donors (Lipinski definition) is 0. The fourth-order valence-electron chi connectivity index (χ4n) is 7.38. The van der Waals surface area contributed by atoms with Crippen LogP contribution in [-0.4, -0.2) is 9.52 Å². The lowest BCUT2D eigenvalue weighted by molar-refractivity contribution is 0.208. The van der Waals surface area contributed by atoms with Gasteiger partial charge in [-0.3, -0.25) is 0 Å². The van der Waals surface area contributed by atoms with Gasteiger partial charge in [0.2, 0.25) is 0 Å². The van der Waals surface area contributed by atoms with E-state index in [1.54, 1.807) is 44.9 Å². The summed E-state index contributed by atoms with van der Waals surface area (Å²) in [7, 11) is 0.167. The fourth-order valence-corrected chi connectivity index (χ4v) is 10.4. The summed E-state index contributed by atoms with van der Waals surface area (Å²) in [6.45, 7) is 10.1. The van der Waals surface area contributed by atoms with E-state index in [1.807, 2.05) is 0 Å². The van der Waals surface area contributed by atoms with Gasteiger partial charge in [0.05, 0.1) is 0 Å². The highest BCUT2D eigenvalue weighted by Crippen LogP contribution is 2.39. The Balaban J connectivity index is 1.85. The van der Waals surface area contributed by atoms with Crippen molar-refractivity contribution in [3.63, 3.8) is 0 Å². The van der Waals surface area contributed by atoms with Crippen molar-refractivity contribution in [3.05, 3.63) is 0 Å². The summed E-state index contributed by atoms with van der Waals surface area (Å²) in [5.74, 6) is 3.85. The first-order chi connectivity index (χ1) is 15.6. The zero-order chi connectivity index (χ0) is 23.0. The maximum absolute atomic E-state index is 2.55. The van der Waals surface area contributed by atoms with Crippen LogP contribution in [0.25, 0.3) is 0 Å². The van der Waals surface area contributed by atoms with E-state index in [-0.39, 0.29) is 9.52 Å². The summed E-state index contributed by atoms with van der Waals surface area (Å²) in [5.41, 5.74) is 2.39. The van der Waals surface area contributed by atoms with Gasteiger partial charge < -0.3 is 0 Å². The van der Waals surface area contributed by atoms with Gasteiger partial charge in [-0.1, -0.05) is 167 Å². The van der Waals surface area contributed by atoms with E-state index in [0.29, 0.717) is 0 Å². The Hall–Kier alpha value is 0.217. The molecule has 2 rings (SSSR count). The molecule has 2 heterocycles. The Morgan fingerprint density at radius 1 is 0.562 bits per heavy atom. The monoisotopic (exact) mass is 462 g/mol. The third kappa shape index (κ3) is 12.1. The van der Waals surface area contributed by atoms with Gasteiger partial charge in [-0.15, -0.1) is 0 Å². The Morgan fingerprint density at radius 2 is 1.06 bits per heavy atom. The Labute approximate surface area is 206 Å². The topological polar surface area (TPSA) is 0 Å². The van der Waals surface area contributed by atoms with Crippen LogP contribution in [0.1, 0.15) is 163 Å². The van der Waals surface area contributed by atoms with Crippen molar-refractivity contribution in [3.8, 4) is 0 Å². The molecule has 0 aromatic heterocycles. The van der Waals surface area contributed by atoms with Gasteiger partial charge in [-0.25, -0.2) is 0 Å². The molecule has 2 saturated heterocycles. The molecule has 2 aliphatic rings. The summed E-state index contributed by atoms with van der Waals surface area (Å²) >= 11 is 0. The summed E-state index contributed by atoms with van der Waals surface area (Å²) in [5, 5.41) is 0. The molecule has 0 N–H and O–H groups in total. The predicted molar refractivity (Wildman–Crippen MR) is 150 cm³/mol. The minimum atomic E-state index is 0.167. The van der Waals surface area contributed by atoms with E-state index in [2.05, 4.69) is 27.7 Å². The molecular formula is C31H62Si. The van der Waals surface area contributed by atoms with Crippen molar-refractivity contribution in [1.82, 2.24) is 0 Å². The zero-order valence-corrected chi connectivity index (χ0v) is 24.4. The van der Waals surface area contributed by atoms with Crippen LogP contribution in [0, 0.1) is 23.7 Å². The first kappa shape index (κ1) is 28.5. The molecule has 2 aliphatic heterocycles. The van der Waals surface area contributed by atoms with Crippen molar-refractivity contribution in [1.29, 1.82) is 0 Å². The molecule has 32 heavy (non-hydrogen) atoms. The van der Waals surface area contributed by atoms with Crippen LogP contribution < -0.4 is 0 Å². The molecule has 0 aliphatic carbocycles. The molecule has 2 bridgehead atoms. The quantitative estimate of drug-likeness (QED) is 0.358. The first-order valence-corrected chi connectivity index (χ1v) is 17.2. The van der Waals surface area contributed by atoms with E-state index in [4.69, 9.17) is 0 Å². The molecule has 2 fully saturated rings. The number of fused-ring (bicyclic) bond motifs is 2. The summed E-state index contributed by atoms with van der Waals surface area (Å²) in [6, 6.07) is 0. The highest BCUT2D eigenvalue weighted by Gasteiger charge is 2.25. The van der Waals surface area contributed by atoms with Crippen LogP contribution in [0.2, 0.25) is 11.1 Å². The molecule has 0 amide bonds. The second-order valence-corrected chi connectivity index (χ2v) is 15.5. The lowest BCUT2D eigenvalue weighted by Gasteiger charge is -2.32. The maximum atomic E-state index is 2.55. The Morgan fingerprint density at radius 3 is 1.62 bits per heavy atom. The average molecular weight is 463 g/mol. The molecule has 0 nitrogen and oxygen atoms in total. The van der Waals surface area contributed by atoms with E-state index in [1.165, 1.54) is 101 Å². The van der Waals surface area contributed by atoms with Gasteiger partial charge in [0.15, 0.2) is 0 Å². The lowest BCUT2D eigenvalue weighted by Crippen LogP contribution is -2.21. The molecule has 0 saturated carbocycles. The van der Waals surface area contributed by atoms with Crippen molar-refractivity contribution in [2.75, 3.05) is 0 Å². The van der Waals surface area contributed by atoms with Crippen LogP contribution in [0.4, 0.5) is 0 Å². The van der Waals surface area contributed by atoms with Gasteiger partial charge >= 0.3 is 0 Å².